The van der Waals surface area contributed by atoms with Crippen LogP contribution in [0.15, 0.2) is 17.0 Å². The van der Waals surface area contributed by atoms with Crippen LogP contribution in [-0.4, -0.2) is 44.9 Å². The molecule has 1 aliphatic rings. The van der Waals surface area contributed by atoms with Gasteiger partial charge in [-0.1, -0.05) is 6.92 Å². The van der Waals surface area contributed by atoms with E-state index in [-0.39, 0.29) is 16.8 Å². The zero-order valence-corrected chi connectivity index (χ0v) is 15.6. The van der Waals surface area contributed by atoms with Gasteiger partial charge in [-0.25, -0.2) is 8.42 Å². The number of nitrogens with one attached hydrogen (secondary N) is 1. The lowest BCUT2D eigenvalue weighted by molar-refractivity contribution is -0.121. The second kappa shape index (κ2) is 7.53. The number of sulfonamides is 1. The van der Waals surface area contributed by atoms with Crippen LogP contribution in [-0.2, 0) is 14.8 Å². The third-order valence-corrected chi connectivity index (χ3v) is 6.46. The fraction of sp³-hybridized carbons (Fsp3) is 0.588. The maximum absolute atomic E-state index is 13.0. The van der Waals surface area contributed by atoms with E-state index >= 15 is 0 Å². The fourth-order valence-corrected chi connectivity index (χ4v) is 4.53. The molecule has 0 bridgehead atoms. The molecule has 0 aromatic heterocycles. The molecule has 134 valence electrons. The van der Waals surface area contributed by atoms with Crippen molar-refractivity contribution in [3.05, 3.63) is 23.3 Å². The van der Waals surface area contributed by atoms with Crippen LogP contribution in [0.1, 0.15) is 37.3 Å². The number of rotatable bonds is 5. The summed E-state index contributed by atoms with van der Waals surface area (Å²) in [6.07, 6.45) is 1.69. The Morgan fingerprint density at radius 1 is 1.25 bits per heavy atom. The van der Waals surface area contributed by atoms with Gasteiger partial charge >= 0.3 is 0 Å². The van der Waals surface area contributed by atoms with E-state index in [1.807, 2.05) is 13.8 Å². The van der Waals surface area contributed by atoms with Crippen molar-refractivity contribution in [3.63, 3.8) is 0 Å². The predicted molar refractivity (Wildman–Crippen MR) is 92.7 cm³/mol. The first-order chi connectivity index (χ1) is 11.3. The maximum atomic E-state index is 13.0. The van der Waals surface area contributed by atoms with E-state index in [9.17, 15) is 13.2 Å². The zero-order chi connectivity index (χ0) is 17.9. The highest BCUT2D eigenvalue weighted by molar-refractivity contribution is 7.89. The molecule has 0 spiro atoms. The van der Waals surface area contributed by atoms with Crippen molar-refractivity contribution in [3.8, 4) is 5.75 Å². The molecule has 0 aliphatic carbocycles. The summed E-state index contributed by atoms with van der Waals surface area (Å²) in [4.78, 5) is 11.7. The highest BCUT2D eigenvalue weighted by atomic mass is 32.2. The number of methoxy groups -OCH3 is 1. The average Bonchev–Trinajstić information content (AvgIpc) is 2.57. The Balaban J connectivity index is 2.18. The van der Waals surface area contributed by atoms with Gasteiger partial charge in [-0.15, -0.1) is 0 Å². The Morgan fingerprint density at radius 2 is 1.83 bits per heavy atom. The van der Waals surface area contributed by atoms with Gasteiger partial charge in [0.25, 0.3) is 0 Å². The number of ether oxygens (including phenoxy) is 1. The molecule has 1 fully saturated rings. The van der Waals surface area contributed by atoms with Crippen molar-refractivity contribution < 1.29 is 17.9 Å². The molecule has 1 amide bonds. The molecule has 2 rings (SSSR count). The normalized spacial score (nSPS) is 16.8. The van der Waals surface area contributed by atoms with Gasteiger partial charge in [-0.2, -0.15) is 4.31 Å². The van der Waals surface area contributed by atoms with Crippen molar-refractivity contribution in [2.45, 2.75) is 51.0 Å². The predicted octanol–water partition coefficient (Wildman–Crippen LogP) is 1.99. The Bertz CT molecular complexity index is 708. The number of piperidine rings is 1. The lowest BCUT2D eigenvalue weighted by Crippen LogP contribution is -2.46. The molecular weight excluding hydrogens is 328 g/mol. The van der Waals surface area contributed by atoms with Gasteiger partial charge < -0.3 is 10.1 Å². The number of hydrogen-bond acceptors (Lipinski definition) is 4. The minimum atomic E-state index is -3.61. The van der Waals surface area contributed by atoms with Crippen LogP contribution in [0.2, 0.25) is 0 Å². The molecule has 7 heteroatoms. The number of carbonyl (C=O) groups excluding carboxylic acids is 1. The van der Waals surface area contributed by atoms with Crippen LogP contribution in [0.3, 0.4) is 0 Å². The van der Waals surface area contributed by atoms with E-state index in [0.29, 0.717) is 38.1 Å². The standard InChI is InChI=1S/C17H26N2O4S/c1-5-17(20)18-14-6-8-19(9-7-14)24(21,22)16-11-13(3)12(2)10-15(16)23-4/h10-11,14H,5-9H2,1-4H3,(H,18,20). The van der Waals surface area contributed by atoms with Crippen LogP contribution in [0.5, 0.6) is 5.75 Å². The lowest BCUT2D eigenvalue weighted by Gasteiger charge is -2.32. The van der Waals surface area contributed by atoms with Gasteiger partial charge in [0.2, 0.25) is 15.9 Å². The summed E-state index contributed by atoms with van der Waals surface area (Å²) >= 11 is 0. The zero-order valence-electron chi connectivity index (χ0n) is 14.8. The summed E-state index contributed by atoms with van der Waals surface area (Å²) in [6.45, 7) is 6.41. The average molecular weight is 354 g/mol. The number of hydrogen-bond donors (Lipinski definition) is 1. The summed E-state index contributed by atoms with van der Waals surface area (Å²) in [7, 11) is -2.12. The van der Waals surface area contributed by atoms with E-state index in [1.165, 1.54) is 11.4 Å². The van der Waals surface area contributed by atoms with Gasteiger partial charge in [0.1, 0.15) is 10.6 Å². The van der Waals surface area contributed by atoms with E-state index in [2.05, 4.69) is 5.32 Å². The topological polar surface area (TPSA) is 75.7 Å². The molecule has 1 heterocycles. The van der Waals surface area contributed by atoms with Crippen LogP contribution in [0.25, 0.3) is 0 Å². The monoisotopic (exact) mass is 354 g/mol. The Hall–Kier alpha value is -1.60. The molecule has 0 atom stereocenters. The summed E-state index contributed by atoms with van der Waals surface area (Å²) in [5, 5.41) is 2.93. The van der Waals surface area contributed by atoms with Crippen molar-refractivity contribution in [2.75, 3.05) is 20.2 Å². The quantitative estimate of drug-likeness (QED) is 0.877. The minimum absolute atomic E-state index is 0.00661. The number of amides is 1. The molecule has 1 aliphatic heterocycles. The van der Waals surface area contributed by atoms with Crippen LogP contribution < -0.4 is 10.1 Å². The molecule has 0 saturated carbocycles. The number of nitrogens with zero attached hydrogens (tertiary/aromatic N) is 1. The SMILES string of the molecule is CCC(=O)NC1CCN(S(=O)(=O)c2cc(C)c(C)cc2OC)CC1. The molecule has 1 N–H and O–H groups in total. The summed E-state index contributed by atoms with van der Waals surface area (Å²) in [6, 6.07) is 3.48. The largest absolute Gasteiger partial charge is 0.495 e. The fourth-order valence-electron chi connectivity index (χ4n) is 2.83. The Kier molecular flexibility index (Phi) is 5.87. The second-order valence-corrected chi connectivity index (χ2v) is 8.09. The number of benzene rings is 1. The first-order valence-electron chi connectivity index (χ1n) is 8.24. The summed E-state index contributed by atoms with van der Waals surface area (Å²) in [5.74, 6) is 0.381. The molecule has 0 unspecified atom stereocenters. The molecule has 1 aromatic rings. The van der Waals surface area contributed by atoms with Crippen molar-refractivity contribution in [2.24, 2.45) is 0 Å². The molecule has 1 aromatic carbocycles. The third-order valence-electron chi connectivity index (χ3n) is 4.54. The Labute approximate surface area is 144 Å². The van der Waals surface area contributed by atoms with E-state index in [1.54, 1.807) is 19.1 Å². The minimum Gasteiger partial charge on any atom is -0.495 e. The third kappa shape index (κ3) is 3.89. The maximum Gasteiger partial charge on any atom is 0.246 e. The van der Waals surface area contributed by atoms with Crippen LogP contribution in [0, 0.1) is 13.8 Å². The highest BCUT2D eigenvalue weighted by Gasteiger charge is 2.32. The van der Waals surface area contributed by atoms with Crippen LogP contribution in [0.4, 0.5) is 0 Å². The first-order valence-corrected chi connectivity index (χ1v) is 9.68. The molecule has 24 heavy (non-hydrogen) atoms. The smallest absolute Gasteiger partial charge is 0.246 e. The van der Waals surface area contributed by atoms with Crippen molar-refractivity contribution in [1.82, 2.24) is 9.62 Å². The summed E-state index contributed by atoms with van der Waals surface area (Å²) in [5.41, 5.74) is 1.91. The molecule has 1 saturated heterocycles. The Morgan fingerprint density at radius 3 is 2.38 bits per heavy atom. The van der Waals surface area contributed by atoms with Gasteiger partial charge in [-0.05, 0) is 49.9 Å². The summed E-state index contributed by atoms with van der Waals surface area (Å²) < 4.78 is 32.7. The van der Waals surface area contributed by atoms with Crippen molar-refractivity contribution in [1.29, 1.82) is 0 Å². The first kappa shape index (κ1) is 18.7. The number of aryl methyl sites for hydroxylation is 2. The van der Waals surface area contributed by atoms with E-state index < -0.39 is 10.0 Å². The van der Waals surface area contributed by atoms with Gasteiger partial charge in [-0.3, -0.25) is 4.79 Å². The van der Waals surface area contributed by atoms with Gasteiger partial charge in [0.15, 0.2) is 0 Å². The van der Waals surface area contributed by atoms with Crippen molar-refractivity contribution >= 4 is 15.9 Å². The van der Waals surface area contributed by atoms with Crippen LogP contribution >= 0.6 is 0 Å². The molecular formula is C17H26N2O4S. The number of carbonyl (C=O) groups is 1. The second-order valence-electron chi connectivity index (χ2n) is 6.19. The van der Waals surface area contributed by atoms with E-state index in [0.717, 1.165) is 11.1 Å². The van der Waals surface area contributed by atoms with Gasteiger partial charge in [0, 0.05) is 25.6 Å². The highest BCUT2D eigenvalue weighted by Crippen LogP contribution is 2.31. The molecule has 0 radical (unpaired) electrons. The van der Waals surface area contributed by atoms with Gasteiger partial charge in [0.05, 0.1) is 7.11 Å². The van der Waals surface area contributed by atoms with E-state index in [4.69, 9.17) is 4.74 Å². The lowest BCUT2D eigenvalue weighted by atomic mass is 10.1. The molecule has 6 nitrogen and oxygen atoms in total.